The summed E-state index contributed by atoms with van der Waals surface area (Å²) in [4.78, 5) is 35.5. The van der Waals surface area contributed by atoms with Gasteiger partial charge in [-0.15, -0.1) is 11.3 Å². The number of thioether (sulfide) groups is 1. The fraction of sp³-hybridized carbons (Fsp3) is 0.300. The van der Waals surface area contributed by atoms with E-state index in [2.05, 4.69) is 15.3 Å². The van der Waals surface area contributed by atoms with Gasteiger partial charge < -0.3 is 15.8 Å². The number of esters is 1. The highest BCUT2D eigenvalue weighted by atomic mass is 32.2. The molecule has 0 atom stereocenters. The number of aromatic nitrogens is 2. The zero-order chi connectivity index (χ0) is 20.4. The number of thiophene rings is 1. The molecule has 0 spiro atoms. The van der Waals surface area contributed by atoms with E-state index in [0.29, 0.717) is 22.2 Å². The predicted molar refractivity (Wildman–Crippen MR) is 116 cm³/mol. The van der Waals surface area contributed by atoms with Gasteiger partial charge in [0.05, 0.1) is 29.5 Å². The Kier molecular flexibility index (Phi) is 5.68. The molecule has 2 heterocycles. The summed E-state index contributed by atoms with van der Waals surface area (Å²) in [7, 11) is 1.30. The minimum Gasteiger partial charge on any atom is -0.465 e. The molecule has 0 saturated carbocycles. The lowest BCUT2D eigenvalue weighted by molar-refractivity contribution is -0.113. The number of nitrogens with zero attached hydrogens (tertiary/aromatic N) is 2. The Labute approximate surface area is 176 Å². The number of nitrogens with two attached hydrogens (primary N) is 1. The Morgan fingerprint density at radius 2 is 2.03 bits per heavy atom. The van der Waals surface area contributed by atoms with Crippen molar-refractivity contribution in [3.8, 4) is 0 Å². The quantitative estimate of drug-likeness (QED) is 0.363. The summed E-state index contributed by atoms with van der Waals surface area (Å²) in [5, 5.41) is 4.20. The normalized spacial score (nSPS) is 13.1. The standard InChI is InChI=1S/C20H20N4O3S2/c1-27-19(26)11-6-2-4-8-13(11)22-15(25)10-28-20-23-17(21)16-12-7-3-5-9-14(12)29-18(16)24-20/h2,4,6,8H,3,5,7,9-10H2,1H3,(H,22,25)(H2,21,23,24). The zero-order valence-electron chi connectivity index (χ0n) is 15.9. The van der Waals surface area contributed by atoms with Gasteiger partial charge in [0.15, 0.2) is 5.16 Å². The predicted octanol–water partition coefficient (Wildman–Crippen LogP) is 3.67. The molecular weight excluding hydrogens is 408 g/mol. The van der Waals surface area contributed by atoms with E-state index in [1.165, 1.54) is 42.2 Å². The molecule has 29 heavy (non-hydrogen) atoms. The van der Waals surface area contributed by atoms with E-state index in [1.807, 2.05) is 0 Å². The van der Waals surface area contributed by atoms with Crippen LogP contribution in [-0.4, -0.2) is 34.7 Å². The van der Waals surface area contributed by atoms with E-state index < -0.39 is 5.97 Å². The lowest BCUT2D eigenvalue weighted by atomic mass is 9.97. The Bertz CT molecular complexity index is 1100. The van der Waals surface area contributed by atoms with Crippen molar-refractivity contribution in [2.24, 2.45) is 0 Å². The number of amides is 1. The van der Waals surface area contributed by atoms with Crippen molar-refractivity contribution >= 4 is 56.7 Å². The number of ether oxygens (including phenoxy) is 1. The van der Waals surface area contributed by atoms with E-state index in [1.54, 1.807) is 35.6 Å². The van der Waals surface area contributed by atoms with Crippen LogP contribution in [-0.2, 0) is 22.4 Å². The monoisotopic (exact) mass is 428 g/mol. The number of carbonyl (C=O) groups is 2. The van der Waals surface area contributed by atoms with E-state index >= 15 is 0 Å². The van der Waals surface area contributed by atoms with Crippen LogP contribution in [0.25, 0.3) is 10.2 Å². The maximum Gasteiger partial charge on any atom is 0.339 e. The number of aryl methyl sites for hydroxylation is 2. The second-order valence-corrected chi connectivity index (χ2v) is 8.68. The van der Waals surface area contributed by atoms with Crippen LogP contribution in [0.15, 0.2) is 29.4 Å². The van der Waals surface area contributed by atoms with E-state index in [0.717, 1.165) is 23.1 Å². The van der Waals surface area contributed by atoms with E-state index in [-0.39, 0.29) is 11.7 Å². The van der Waals surface area contributed by atoms with Gasteiger partial charge in [-0.05, 0) is 43.4 Å². The molecule has 0 unspecified atom stereocenters. The maximum absolute atomic E-state index is 12.4. The summed E-state index contributed by atoms with van der Waals surface area (Å²) in [6.07, 6.45) is 4.46. The highest BCUT2D eigenvalue weighted by Gasteiger charge is 2.20. The second-order valence-electron chi connectivity index (χ2n) is 6.66. The number of nitrogen functional groups attached to an aromatic ring is 1. The topological polar surface area (TPSA) is 107 Å². The van der Waals surface area contributed by atoms with Crippen LogP contribution in [0, 0.1) is 0 Å². The molecule has 4 rings (SSSR count). The number of hydrogen-bond donors (Lipinski definition) is 2. The Hall–Kier alpha value is -2.65. The fourth-order valence-electron chi connectivity index (χ4n) is 3.43. The van der Waals surface area contributed by atoms with Crippen molar-refractivity contribution in [1.29, 1.82) is 0 Å². The summed E-state index contributed by atoms with van der Waals surface area (Å²) in [6, 6.07) is 6.71. The number of methoxy groups -OCH3 is 1. The van der Waals surface area contributed by atoms with Crippen molar-refractivity contribution in [1.82, 2.24) is 9.97 Å². The highest BCUT2D eigenvalue weighted by molar-refractivity contribution is 7.99. The minimum absolute atomic E-state index is 0.103. The smallest absolute Gasteiger partial charge is 0.339 e. The van der Waals surface area contributed by atoms with Crippen molar-refractivity contribution in [3.63, 3.8) is 0 Å². The zero-order valence-corrected chi connectivity index (χ0v) is 17.5. The first-order valence-corrected chi connectivity index (χ1v) is 11.0. The van der Waals surface area contributed by atoms with Gasteiger partial charge in [-0.25, -0.2) is 14.8 Å². The van der Waals surface area contributed by atoms with Crippen LogP contribution >= 0.6 is 23.1 Å². The van der Waals surface area contributed by atoms with Crippen LogP contribution in [0.3, 0.4) is 0 Å². The molecule has 0 saturated heterocycles. The number of nitrogens with one attached hydrogen (secondary N) is 1. The van der Waals surface area contributed by atoms with Crippen LogP contribution in [0.2, 0.25) is 0 Å². The maximum atomic E-state index is 12.4. The number of rotatable bonds is 5. The third-order valence-electron chi connectivity index (χ3n) is 4.76. The number of carbonyl (C=O) groups excluding carboxylic acids is 2. The molecule has 150 valence electrons. The van der Waals surface area contributed by atoms with Crippen LogP contribution in [0.5, 0.6) is 0 Å². The lowest BCUT2D eigenvalue weighted by Crippen LogP contribution is -2.17. The molecule has 2 aromatic heterocycles. The van der Waals surface area contributed by atoms with Crippen LogP contribution in [0.4, 0.5) is 11.5 Å². The first-order valence-electron chi connectivity index (χ1n) is 9.24. The average Bonchev–Trinajstić information content (AvgIpc) is 3.11. The SMILES string of the molecule is COC(=O)c1ccccc1NC(=O)CSc1nc(N)c2c3c(sc2n1)CCCC3. The Balaban J connectivity index is 1.47. The fourth-order valence-corrected chi connectivity index (χ4v) is 5.40. The number of anilines is 2. The molecule has 3 aromatic rings. The molecule has 0 bridgehead atoms. The molecule has 7 nitrogen and oxygen atoms in total. The van der Waals surface area contributed by atoms with Gasteiger partial charge >= 0.3 is 5.97 Å². The summed E-state index contributed by atoms with van der Waals surface area (Å²) in [5.74, 6) is -0.185. The van der Waals surface area contributed by atoms with Gasteiger partial charge in [0.2, 0.25) is 5.91 Å². The minimum atomic E-state index is -0.503. The molecule has 0 aliphatic heterocycles. The summed E-state index contributed by atoms with van der Waals surface area (Å²) >= 11 is 2.90. The van der Waals surface area contributed by atoms with Gasteiger partial charge in [-0.3, -0.25) is 4.79 Å². The van der Waals surface area contributed by atoms with Crippen molar-refractivity contribution in [2.45, 2.75) is 30.8 Å². The number of para-hydroxylation sites is 1. The molecule has 1 amide bonds. The number of benzene rings is 1. The third-order valence-corrected chi connectivity index (χ3v) is 6.79. The molecule has 1 aliphatic carbocycles. The van der Waals surface area contributed by atoms with Crippen molar-refractivity contribution in [2.75, 3.05) is 23.9 Å². The summed E-state index contributed by atoms with van der Waals surface area (Å²) < 4.78 is 4.75. The van der Waals surface area contributed by atoms with Gasteiger partial charge in [0.1, 0.15) is 10.6 Å². The summed E-state index contributed by atoms with van der Waals surface area (Å²) in [6.45, 7) is 0. The highest BCUT2D eigenvalue weighted by Crippen LogP contribution is 2.38. The van der Waals surface area contributed by atoms with Gasteiger partial charge in [0.25, 0.3) is 0 Å². The molecule has 1 aliphatic rings. The van der Waals surface area contributed by atoms with Crippen LogP contribution in [0.1, 0.15) is 33.6 Å². The molecule has 0 fully saturated rings. The lowest BCUT2D eigenvalue weighted by Gasteiger charge is -2.11. The van der Waals surface area contributed by atoms with Gasteiger partial charge in [-0.2, -0.15) is 0 Å². The molecular formula is C20H20N4O3S2. The average molecular weight is 429 g/mol. The number of hydrogen-bond acceptors (Lipinski definition) is 8. The molecule has 9 heteroatoms. The first-order chi connectivity index (χ1) is 14.1. The van der Waals surface area contributed by atoms with Crippen molar-refractivity contribution in [3.05, 3.63) is 40.3 Å². The van der Waals surface area contributed by atoms with E-state index in [9.17, 15) is 9.59 Å². The first kappa shape index (κ1) is 19.7. The number of fused-ring (bicyclic) bond motifs is 3. The van der Waals surface area contributed by atoms with Gasteiger partial charge in [0, 0.05) is 4.88 Å². The Morgan fingerprint density at radius 3 is 2.86 bits per heavy atom. The van der Waals surface area contributed by atoms with Crippen LogP contribution < -0.4 is 11.1 Å². The Morgan fingerprint density at radius 1 is 1.24 bits per heavy atom. The van der Waals surface area contributed by atoms with Crippen molar-refractivity contribution < 1.29 is 14.3 Å². The second kappa shape index (κ2) is 8.38. The molecule has 0 radical (unpaired) electrons. The largest absolute Gasteiger partial charge is 0.465 e. The molecule has 1 aromatic carbocycles. The molecule has 3 N–H and O–H groups in total. The summed E-state index contributed by atoms with van der Waals surface area (Å²) in [5.41, 5.74) is 8.22. The third kappa shape index (κ3) is 4.06. The van der Waals surface area contributed by atoms with Gasteiger partial charge in [-0.1, -0.05) is 23.9 Å². The van der Waals surface area contributed by atoms with E-state index in [4.69, 9.17) is 10.5 Å².